The Morgan fingerprint density at radius 1 is 0.467 bits per heavy atom. The zero-order valence-corrected chi connectivity index (χ0v) is 36.9. The molecular formula is C52H58N4O4. The summed E-state index contributed by atoms with van der Waals surface area (Å²) in [5, 5.41) is 42.4. The van der Waals surface area contributed by atoms with Crippen molar-refractivity contribution in [1.82, 2.24) is 0 Å². The highest BCUT2D eigenvalue weighted by Crippen LogP contribution is 2.58. The van der Waals surface area contributed by atoms with Crippen LogP contribution in [0.25, 0.3) is 22.9 Å². The predicted molar refractivity (Wildman–Crippen MR) is 246 cm³/mol. The van der Waals surface area contributed by atoms with Gasteiger partial charge in [-0.2, -0.15) is 0 Å². The van der Waals surface area contributed by atoms with E-state index in [2.05, 4.69) is 177 Å². The molecule has 0 saturated carbocycles. The zero-order chi connectivity index (χ0) is 42.6. The average molecular weight is 803 g/mol. The first-order chi connectivity index (χ1) is 28.1. The minimum atomic E-state index is -0.679. The predicted octanol–water partition coefficient (Wildman–Crippen LogP) is 13.1. The van der Waals surface area contributed by atoms with Gasteiger partial charge in [-0.05, 0) is 85.7 Å². The zero-order valence-electron chi connectivity index (χ0n) is 36.9. The minimum absolute atomic E-state index is 0.186. The molecule has 8 nitrogen and oxygen atoms in total. The minimum Gasteiger partial charge on any atom is -0.507 e. The Hall–Kier alpha value is -5.76. The van der Waals surface area contributed by atoms with Crippen LogP contribution in [0.1, 0.15) is 163 Å². The molecule has 5 aromatic rings. The molecule has 4 atom stereocenters. The summed E-state index contributed by atoms with van der Waals surface area (Å²) in [5.41, 5.74) is 11.9. The molecule has 5 aromatic carbocycles. The molecule has 0 amide bonds. The molecule has 6 N–H and O–H groups in total. The highest BCUT2D eigenvalue weighted by molar-refractivity contribution is 6.10. The normalized spacial score (nSPS) is 20.8. The maximum atomic E-state index is 12.5. The molecule has 0 aromatic heterocycles. The number of hydrogen-bond donors (Lipinski definition) is 6. The third-order valence-electron chi connectivity index (χ3n) is 13.1. The summed E-state index contributed by atoms with van der Waals surface area (Å²) >= 11 is 0. The average Bonchev–Trinajstić information content (AvgIpc) is 3.80. The van der Waals surface area contributed by atoms with E-state index in [9.17, 15) is 10.2 Å². The Kier molecular flexibility index (Phi) is 7.95. The van der Waals surface area contributed by atoms with Gasteiger partial charge in [0.15, 0.2) is 12.5 Å². The number of nitrogens with one attached hydrogen (secondary N) is 4. The molecule has 4 unspecified atom stereocenters. The molecule has 0 radical (unpaired) electrons. The standard InChI is InChI=1S/C52H58N4O4/c1-49(2,3)28-21-30-36-17-15-25-13-14-26-16-18-37(54-40(26)39(25)53-36)31-22-29(50(4,5)6)24-33(44(31)58)48-56-42-38-27(20-35(46(42)60-48)52(10,11)12)19-34(51(7,8)9)45-41(38)55-47(59-45)32(23-28)43(30)57/h13-24,36-37,47-48,53-58H,1-12H3. The van der Waals surface area contributed by atoms with Crippen molar-refractivity contribution >= 4 is 45.7 Å². The van der Waals surface area contributed by atoms with E-state index in [1.54, 1.807) is 0 Å². The molecule has 8 heteroatoms. The molecule has 12 bridgehead atoms. The van der Waals surface area contributed by atoms with Crippen molar-refractivity contribution in [2.75, 3.05) is 21.3 Å². The molecule has 5 aliphatic heterocycles. The number of ether oxygens (including phenoxy) is 2. The highest BCUT2D eigenvalue weighted by Gasteiger charge is 2.41. The van der Waals surface area contributed by atoms with Crippen molar-refractivity contribution in [2.45, 2.75) is 129 Å². The number of phenols is 2. The van der Waals surface area contributed by atoms with E-state index in [0.717, 1.165) is 89.5 Å². The van der Waals surface area contributed by atoms with Gasteiger partial charge in [-0.25, -0.2) is 0 Å². The quantitative estimate of drug-likeness (QED) is 0.0919. The summed E-state index contributed by atoms with van der Waals surface area (Å²) in [5.74, 6) is 1.90. The van der Waals surface area contributed by atoms with Gasteiger partial charge in [0.05, 0.1) is 46.0 Å². The number of aromatic hydroxyl groups is 2. The molecule has 5 aliphatic rings. The first-order valence-corrected chi connectivity index (χ1v) is 21.4. The first kappa shape index (κ1) is 38.4. The van der Waals surface area contributed by atoms with Gasteiger partial charge in [0.2, 0.25) is 0 Å². The monoisotopic (exact) mass is 802 g/mol. The van der Waals surface area contributed by atoms with Gasteiger partial charge in [-0.15, -0.1) is 0 Å². The summed E-state index contributed by atoms with van der Waals surface area (Å²) in [4.78, 5) is 0. The van der Waals surface area contributed by atoms with Crippen LogP contribution in [0.4, 0.5) is 22.7 Å². The van der Waals surface area contributed by atoms with Crippen molar-refractivity contribution in [3.63, 3.8) is 0 Å². The molecule has 10 rings (SSSR count). The van der Waals surface area contributed by atoms with Crippen LogP contribution in [0.15, 0.2) is 60.7 Å². The molecule has 0 saturated heterocycles. The van der Waals surface area contributed by atoms with E-state index < -0.39 is 12.5 Å². The van der Waals surface area contributed by atoms with Gasteiger partial charge in [-0.1, -0.05) is 120 Å². The Morgan fingerprint density at radius 2 is 0.850 bits per heavy atom. The maximum absolute atomic E-state index is 12.5. The fraction of sp³-hybridized carbons (Fsp3) is 0.385. The Morgan fingerprint density at radius 3 is 1.22 bits per heavy atom. The number of fused-ring (bicyclic) bond motifs is 12. The van der Waals surface area contributed by atoms with Crippen LogP contribution in [-0.4, -0.2) is 10.2 Å². The van der Waals surface area contributed by atoms with Crippen LogP contribution < -0.4 is 30.7 Å². The van der Waals surface area contributed by atoms with Crippen LogP contribution >= 0.6 is 0 Å². The van der Waals surface area contributed by atoms with Crippen LogP contribution in [0.3, 0.4) is 0 Å². The molecule has 0 spiro atoms. The van der Waals surface area contributed by atoms with E-state index in [-0.39, 0.29) is 45.2 Å². The third-order valence-corrected chi connectivity index (χ3v) is 13.1. The fourth-order valence-corrected chi connectivity index (χ4v) is 9.51. The summed E-state index contributed by atoms with van der Waals surface area (Å²) in [6.45, 7) is 26.5. The summed E-state index contributed by atoms with van der Waals surface area (Å²) < 4.78 is 14.2. The van der Waals surface area contributed by atoms with Gasteiger partial charge in [0, 0.05) is 27.6 Å². The molecule has 5 heterocycles. The van der Waals surface area contributed by atoms with Gasteiger partial charge in [0.1, 0.15) is 23.0 Å². The van der Waals surface area contributed by atoms with Crippen LogP contribution in [0.5, 0.6) is 23.0 Å². The second kappa shape index (κ2) is 12.4. The maximum Gasteiger partial charge on any atom is 0.200 e. The van der Waals surface area contributed by atoms with Gasteiger partial charge in [-0.3, -0.25) is 0 Å². The number of anilines is 4. The van der Waals surface area contributed by atoms with Gasteiger partial charge < -0.3 is 41.0 Å². The molecule has 0 fully saturated rings. The van der Waals surface area contributed by atoms with Crippen molar-refractivity contribution < 1.29 is 19.7 Å². The number of hydrogen-bond acceptors (Lipinski definition) is 8. The third kappa shape index (κ3) is 5.84. The Bertz CT molecular complexity index is 2570. The van der Waals surface area contributed by atoms with E-state index in [4.69, 9.17) is 9.47 Å². The fourth-order valence-electron chi connectivity index (χ4n) is 9.51. The van der Waals surface area contributed by atoms with Crippen LogP contribution in [0.2, 0.25) is 0 Å². The van der Waals surface area contributed by atoms with E-state index in [1.165, 1.54) is 0 Å². The van der Waals surface area contributed by atoms with Crippen LogP contribution in [-0.2, 0) is 21.7 Å². The number of phenolic OH excluding ortho intramolecular Hbond substituents is 2. The van der Waals surface area contributed by atoms with E-state index >= 15 is 0 Å². The number of rotatable bonds is 0. The molecule has 0 aliphatic carbocycles. The summed E-state index contributed by atoms with van der Waals surface area (Å²) in [6.07, 6.45) is 7.18. The Labute approximate surface area is 354 Å². The lowest BCUT2D eigenvalue weighted by atomic mass is 9.81. The van der Waals surface area contributed by atoms with Gasteiger partial charge in [0.25, 0.3) is 0 Å². The summed E-state index contributed by atoms with van der Waals surface area (Å²) in [6, 6.07) is 16.6. The first-order valence-electron chi connectivity index (χ1n) is 21.4. The van der Waals surface area contributed by atoms with E-state index in [0.29, 0.717) is 11.1 Å². The molecular weight excluding hydrogens is 745 g/mol. The van der Waals surface area contributed by atoms with Crippen LogP contribution in [0, 0.1) is 0 Å². The smallest absolute Gasteiger partial charge is 0.200 e. The molecule has 60 heavy (non-hydrogen) atoms. The van der Waals surface area contributed by atoms with Crippen molar-refractivity contribution in [3.8, 4) is 23.0 Å². The van der Waals surface area contributed by atoms with Crippen molar-refractivity contribution in [1.29, 1.82) is 0 Å². The lowest BCUT2D eigenvalue weighted by Crippen LogP contribution is -2.22. The van der Waals surface area contributed by atoms with E-state index in [1.807, 2.05) is 0 Å². The van der Waals surface area contributed by atoms with Gasteiger partial charge >= 0.3 is 0 Å². The molecule has 310 valence electrons. The second-order valence-electron chi connectivity index (χ2n) is 21.6. The summed E-state index contributed by atoms with van der Waals surface area (Å²) in [7, 11) is 0. The lowest BCUT2D eigenvalue weighted by Gasteiger charge is -2.33. The largest absolute Gasteiger partial charge is 0.507 e. The highest BCUT2D eigenvalue weighted by atomic mass is 16.5. The number of benzene rings is 5. The second-order valence-corrected chi connectivity index (χ2v) is 21.6. The van der Waals surface area contributed by atoms with Crippen molar-refractivity contribution in [2.24, 2.45) is 0 Å². The topological polar surface area (TPSA) is 107 Å². The Balaban J connectivity index is 1.29. The SMILES string of the molecule is CC(C)(C)c1cc2c(O)c(c1)C1Nc3c(c(C(C)(C)C)cc4cc(C(C)(C)C)c5c(c34)NC(O5)c3cc(C(C)(C)C)cc(c3O)C3C=Cc4ccc5c(c4N3)NC2C=C5)O1. The van der Waals surface area contributed by atoms with Crippen molar-refractivity contribution in [3.05, 3.63) is 116 Å². The lowest BCUT2D eigenvalue weighted by molar-refractivity contribution is 0.247.